The van der Waals surface area contributed by atoms with E-state index in [-0.39, 0.29) is 5.69 Å². The summed E-state index contributed by atoms with van der Waals surface area (Å²) in [5, 5.41) is 0. The van der Waals surface area contributed by atoms with Crippen LogP contribution >= 0.6 is 0 Å². The van der Waals surface area contributed by atoms with Crippen LogP contribution < -0.4 is 4.74 Å². The molecule has 0 saturated heterocycles. The number of carbonyl (C=O) groups excluding carboxylic acids is 1. The van der Waals surface area contributed by atoms with Gasteiger partial charge in [-0.2, -0.15) is 4.98 Å². The van der Waals surface area contributed by atoms with Crippen LogP contribution in [0, 0.1) is 0 Å². The summed E-state index contributed by atoms with van der Waals surface area (Å²) in [6, 6.07) is 5.80. The number of pyridine rings is 1. The zero-order valence-electron chi connectivity index (χ0n) is 8.43. The van der Waals surface area contributed by atoms with Gasteiger partial charge in [0.25, 0.3) is 0 Å². The maximum Gasteiger partial charge on any atom is 0.359 e. The minimum atomic E-state index is -0.470. The normalized spacial score (nSPS) is 10.3. The summed E-state index contributed by atoms with van der Waals surface area (Å²) >= 11 is 0. The van der Waals surface area contributed by atoms with E-state index in [1.165, 1.54) is 14.2 Å². The number of fused-ring (bicyclic) bond motifs is 1. The maximum atomic E-state index is 11.4. The highest BCUT2D eigenvalue weighted by Gasteiger charge is 2.17. The number of rotatable bonds is 2. The molecule has 78 valence electrons. The lowest BCUT2D eigenvalue weighted by Gasteiger charge is -1.96. The molecule has 0 aromatic carbocycles. The van der Waals surface area contributed by atoms with Crippen LogP contribution in [0.4, 0.5) is 0 Å². The zero-order valence-corrected chi connectivity index (χ0v) is 8.43. The molecule has 0 N–H and O–H groups in total. The van der Waals surface area contributed by atoms with Gasteiger partial charge >= 0.3 is 12.0 Å². The van der Waals surface area contributed by atoms with Crippen LogP contribution in [-0.2, 0) is 4.74 Å². The zero-order chi connectivity index (χ0) is 10.8. The molecule has 0 fully saturated rings. The SMILES string of the molecule is COC(=O)c1nc(OC)n2ccccc12. The number of aromatic nitrogens is 2. The molecule has 0 saturated carbocycles. The van der Waals surface area contributed by atoms with E-state index >= 15 is 0 Å². The number of esters is 1. The Morgan fingerprint density at radius 3 is 2.87 bits per heavy atom. The van der Waals surface area contributed by atoms with Crippen LogP contribution in [0.25, 0.3) is 5.52 Å². The van der Waals surface area contributed by atoms with E-state index in [9.17, 15) is 4.79 Å². The van der Waals surface area contributed by atoms with Crippen molar-refractivity contribution < 1.29 is 14.3 Å². The van der Waals surface area contributed by atoms with Crippen molar-refractivity contribution in [2.75, 3.05) is 14.2 Å². The summed E-state index contributed by atoms with van der Waals surface area (Å²) in [5.74, 6) is -0.470. The highest BCUT2D eigenvalue weighted by atomic mass is 16.5. The van der Waals surface area contributed by atoms with Crippen LogP contribution in [0.5, 0.6) is 6.01 Å². The van der Waals surface area contributed by atoms with Crippen molar-refractivity contribution in [2.24, 2.45) is 0 Å². The maximum absolute atomic E-state index is 11.4. The van der Waals surface area contributed by atoms with Gasteiger partial charge in [-0.25, -0.2) is 4.79 Å². The van der Waals surface area contributed by atoms with E-state index in [0.717, 1.165) is 0 Å². The summed E-state index contributed by atoms with van der Waals surface area (Å²) in [6.07, 6.45) is 1.77. The first-order valence-electron chi connectivity index (χ1n) is 4.37. The fraction of sp³-hybridized carbons (Fsp3) is 0.200. The Morgan fingerprint density at radius 1 is 1.40 bits per heavy atom. The van der Waals surface area contributed by atoms with Crippen LogP contribution in [0.15, 0.2) is 24.4 Å². The molecule has 2 aromatic heterocycles. The third-order valence-electron chi connectivity index (χ3n) is 2.08. The molecule has 0 aliphatic rings. The second-order valence-corrected chi connectivity index (χ2v) is 2.89. The molecule has 0 radical (unpaired) electrons. The van der Waals surface area contributed by atoms with Crippen molar-refractivity contribution in [3.8, 4) is 6.01 Å². The van der Waals surface area contributed by atoms with Gasteiger partial charge in [0.05, 0.1) is 19.7 Å². The van der Waals surface area contributed by atoms with Crippen molar-refractivity contribution in [3.05, 3.63) is 30.1 Å². The Balaban J connectivity index is 2.70. The molecule has 5 heteroatoms. The molecule has 2 aromatic rings. The summed E-state index contributed by atoms with van der Waals surface area (Å²) < 4.78 is 11.4. The molecule has 0 spiro atoms. The first-order chi connectivity index (χ1) is 7.27. The van der Waals surface area contributed by atoms with Gasteiger partial charge in [0.2, 0.25) is 0 Å². The Morgan fingerprint density at radius 2 is 2.20 bits per heavy atom. The minimum Gasteiger partial charge on any atom is -0.468 e. The molecule has 0 amide bonds. The van der Waals surface area contributed by atoms with Crippen LogP contribution in [0.1, 0.15) is 10.5 Å². The Bertz CT molecular complexity index is 504. The minimum absolute atomic E-state index is 0.259. The van der Waals surface area contributed by atoms with Crippen molar-refractivity contribution in [1.29, 1.82) is 0 Å². The number of methoxy groups -OCH3 is 2. The Labute approximate surface area is 86.3 Å². The van der Waals surface area contributed by atoms with Crippen molar-refractivity contribution in [2.45, 2.75) is 0 Å². The van der Waals surface area contributed by atoms with Crippen molar-refractivity contribution in [1.82, 2.24) is 9.38 Å². The monoisotopic (exact) mass is 206 g/mol. The molecular weight excluding hydrogens is 196 g/mol. The Hall–Kier alpha value is -2.04. The number of ether oxygens (including phenoxy) is 2. The van der Waals surface area contributed by atoms with Crippen LogP contribution in [0.2, 0.25) is 0 Å². The van der Waals surface area contributed by atoms with Crippen molar-refractivity contribution >= 4 is 11.5 Å². The van der Waals surface area contributed by atoms with Gasteiger partial charge in [-0.05, 0) is 12.1 Å². The molecule has 0 aliphatic heterocycles. The molecule has 15 heavy (non-hydrogen) atoms. The number of hydrogen-bond donors (Lipinski definition) is 0. The average Bonchev–Trinajstić information content (AvgIpc) is 2.67. The standard InChI is InChI=1S/C10H10N2O3/c1-14-9(13)8-7-5-3-4-6-12(7)10(11-8)15-2/h3-6H,1-2H3. The van der Waals surface area contributed by atoms with Gasteiger partial charge < -0.3 is 9.47 Å². The van der Waals surface area contributed by atoms with Gasteiger partial charge in [-0.3, -0.25) is 4.40 Å². The highest BCUT2D eigenvalue weighted by molar-refractivity contribution is 5.95. The first-order valence-corrected chi connectivity index (χ1v) is 4.37. The van der Waals surface area contributed by atoms with Gasteiger partial charge in [-0.1, -0.05) is 6.07 Å². The molecular formula is C10H10N2O3. The number of imidazole rings is 1. The lowest BCUT2D eigenvalue weighted by atomic mass is 10.3. The third-order valence-corrected chi connectivity index (χ3v) is 2.08. The van der Waals surface area contributed by atoms with Gasteiger partial charge in [0, 0.05) is 6.20 Å². The van der Waals surface area contributed by atoms with Gasteiger partial charge in [-0.15, -0.1) is 0 Å². The predicted molar refractivity (Wildman–Crippen MR) is 53.1 cm³/mol. The predicted octanol–water partition coefficient (Wildman–Crippen LogP) is 1.13. The van der Waals surface area contributed by atoms with E-state index in [1.807, 2.05) is 12.1 Å². The number of carbonyl (C=O) groups is 1. The lowest BCUT2D eigenvalue weighted by molar-refractivity contribution is 0.0596. The fourth-order valence-electron chi connectivity index (χ4n) is 1.40. The second kappa shape index (κ2) is 3.61. The Kier molecular flexibility index (Phi) is 2.29. The quantitative estimate of drug-likeness (QED) is 0.691. The summed E-state index contributed by atoms with van der Waals surface area (Å²) in [6.45, 7) is 0. The average molecular weight is 206 g/mol. The molecule has 0 unspecified atom stereocenters. The molecule has 0 atom stereocenters. The number of hydrogen-bond acceptors (Lipinski definition) is 4. The van der Waals surface area contributed by atoms with E-state index in [4.69, 9.17) is 4.74 Å². The van der Waals surface area contributed by atoms with Crippen LogP contribution in [-0.4, -0.2) is 29.6 Å². The first kappa shape index (κ1) is 9.51. The second-order valence-electron chi connectivity index (χ2n) is 2.89. The smallest absolute Gasteiger partial charge is 0.359 e. The summed E-state index contributed by atoms with van der Waals surface area (Å²) in [7, 11) is 2.83. The lowest BCUT2D eigenvalue weighted by Crippen LogP contribution is -2.02. The largest absolute Gasteiger partial charge is 0.468 e. The molecule has 2 heterocycles. The molecule has 5 nitrogen and oxygen atoms in total. The fourth-order valence-corrected chi connectivity index (χ4v) is 1.40. The topological polar surface area (TPSA) is 52.8 Å². The molecule has 2 rings (SSSR count). The summed E-state index contributed by atoms with van der Waals surface area (Å²) in [4.78, 5) is 15.4. The third kappa shape index (κ3) is 1.41. The van der Waals surface area contributed by atoms with E-state index < -0.39 is 5.97 Å². The number of nitrogens with zero attached hydrogens (tertiary/aromatic N) is 2. The van der Waals surface area contributed by atoms with E-state index in [1.54, 1.807) is 16.7 Å². The van der Waals surface area contributed by atoms with E-state index in [2.05, 4.69) is 9.72 Å². The van der Waals surface area contributed by atoms with Crippen molar-refractivity contribution in [3.63, 3.8) is 0 Å². The highest BCUT2D eigenvalue weighted by Crippen LogP contribution is 2.18. The van der Waals surface area contributed by atoms with Gasteiger partial charge in [0.15, 0.2) is 5.69 Å². The molecule has 0 bridgehead atoms. The van der Waals surface area contributed by atoms with Gasteiger partial charge in [0.1, 0.15) is 0 Å². The molecule has 0 aliphatic carbocycles. The van der Waals surface area contributed by atoms with E-state index in [0.29, 0.717) is 11.5 Å². The van der Waals surface area contributed by atoms with Crippen LogP contribution in [0.3, 0.4) is 0 Å². The summed E-state index contributed by atoms with van der Waals surface area (Å²) in [5.41, 5.74) is 0.927.